The molecule has 1 rings (SSSR count). The number of rotatable bonds is 8. The standard InChI is InChI=1S/C15H22N2O4/c1-4-21-15(18)6-5-9-16-12(3)13-8-7-11(2)14(10-13)17(19)20/h7-8,10,12,16H,4-6,9H2,1-3H3. The fraction of sp³-hybridized carbons (Fsp3) is 0.533. The van der Waals surface area contributed by atoms with Gasteiger partial charge in [-0.15, -0.1) is 0 Å². The van der Waals surface area contributed by atoms with Crippen LogP contribution in [-0.4, -0.2) is 24.0 Å². The molecular weight excluding hydrogens is 272 g/mol. The van der Waals surface area contributed by atoms with Crippen LogP contribution in [0.3, 0.4) is 0 Å². The van der Waals surface area contributed by atoms with Gasteiger partial charge in [-0.05, 0) is 39.3 Å². The first kappa shape index (κ1) is 17.1. The molecule has 21 heavy (non-hydrogen) atoms. The lowest BCUT2D eigenvalue weighted by atomic mass is 10.0. The van der Waals surface area contributed by atoms with Crippen LogP contribution in [0.15, 0.2) is 18.2 Å². The Kier molecular flexibility index (Phi) is 6.81. The fourth-order valence-electron chi connectivity index (χ4n) is 1.99. The molecule has 0 aliphatic rings. The van der Waals surface area contributed by atoms with Crippen LogP contribution < -0.4 is 5.32 Å². The zero-order valence-corrected chi connectivity index (χ0v) is 12.7. The van der Waals surface area contributed by atoms with Gasteiger partial charge in [-0.2, -0.15) is 0 Å². The van der Waals surface area contributed by atoms with Crippen molar-refractivity contribution in [2.45, 2.75) is 39.7 Å². The molecule has 116 valence electrons. The molecule has 0 saturated carbocycles. The summed E-state index contributed by atoms with van der Waals surface area (Å²) in [6.07, 6.45) is 1.05. The van der Waals surface area contributed by atoms with E-state index in [0.29, 0.717) is 31.6 Å². The van der Waals surface area contributed by atoms with Crippen LogP contribution in [0.4, 0.5) is 5.69 Å². The summed E-state index contributed by atoms with van der Waals surface area (Å²) in [6, 6.07) is 5.22. The Hall–Kier alpha value is -1.95. The molecule has 1 unspecified atom stereocenters. The van der Waals surface area contributed by atoms with Crippen molar-refractivity contribution < 1.29 is 14.5 Å². The highest BCUT2D eigenvalue weighted by Crippen LogP contribution is 2.23. The van der Waals surface area contributed by atoms with Crippen LogP contribution in [0.2, 0.25) is 0 Å². The topological polar surface area (TPSA) is 81.5 Å². The maximum absolute atomic E-state index is 11.2. The summed E-state index contributed by atoms with van der Waals surface area (Å²) < 4.78 is 4.85. The summed E-state index contributed by atoms with van der Waals surface area (Å²) in [7, 11) is 0. The Morgan fingerprint density at radius 1 is 1.48 bits per heavy atom. The van der Waals surface area contributed by atoms with Gasteiger partial charge in [-0.1, -0.05) is 12.1 Å². The summed E-state index contributed by atoms with van der Waals surface area (Å²) >= 11 is 0. The van der Waals surface area contributed by atoms with E-state index < -0.39 is 0 Å². The average Bonchev–Trinajstić information content (AvgIpc) is 2.43. The number of nitro benzene ring substituents is 1. The molecule has 1 aromatic rings. The maximum atomic E-state index is 11.2. The van der Waals surface area contributed by atoms with Crippen molar-refractivity contribution in [3.8, 4) is 0 Å². The summed E-state index contributed by atoms with van der Waals surface area (Å²) in [6.45, 7) is 6.50. The quantitative estimate of drug-likeness (QED) is 0.345. The summed E-state index contributed by atoms with van der Waals surface area (Å²) in [5, 5.41) is 14.2. The molecule has 1 atom stereocenters. The zero-order chi connectivity index (χ0) is 15.8. The third kappa shape index (κ3) is 5.51. The highest BCUT2D eigenvalue weighted by molar-refractivity contribution is 5.69. The van der Waals surface area contributed by atoms with Crippen LogP contribution in [-0.2, 0) is 9.53 Å². The van der Waals surface area contributed by atoms with E-state index in [1.54, 1.807) is 26.0 Å². The predicted octanol–water partition coefficient (Wildman–Crippen LogP) is 2.90. The van der Waals surface area contributed by atoms with Crippen LogP contribution in [0.1, 0.15) is 43.9 Å². The van der Waals surface area contributed by atoms with Crippen LogP contribution in [0.25, 0.3) is 0 Å². The Balaban J connectivity index is 2.49. The van der Waals surface area contributed by atoms with Crippen LogP contribution in [0.5, 0.6) is 0 Å². The normalized spacial score (nSPS) is 12.0. The van der Waals surface area contributed by atoms with E-state index >= 15 is 0 Å². The van der Waals surface area contributed by atoms with Gasteiger partial charge in [0.25, 0.3) is 5.69 Å². The third-order valence-electron chi connectivity index (χ3n) is 3.24. The van der Waals surface area contributed by atoms with E-state index in [9.17, 15) is 14.9 Å². The minimum atomic E-state index is -0.369. The molecular formula is C15H22N2O4. The van der Waals surface area contributed by atoms with Gasteiger partial charge >= 0.3 is 5.97 Å². The first-order valence-electron chi connectivity index (χ1n) is 7.09. The Morgan fingerprint density at radius 3 is 2.81 bits per heavy atom. The Labute approximate surface area is 124 Å². The number of hydrogen-bond donors (Lipinski definition) is 1. The summed E-state index contributed by atoms with van der Waals surface area (Å²) in [5.41, 5.74) is 1.65. The SMILES string of the molecule is CCOC(=O)CCCNC(C)c1ccc(C)c([N+](=O)[O-])c1. The highest BCUT2D eigenvalue weighted by Gasteiger charge is 2.14. The molecule has 0 aromatic heterocycles. The van der Waals surface area contributed by atoms with Crippen LogP contribution in [0, 0.1) is 17.0 Å². The highest BCUT2D eigenvalue weighted by atomic mass is 16.6. The van der Waals surface area contributed by atoms with E-state index in [2.05, 4.69) is 5.32 Å². The Morgan fingerprint density at radius 2 is 2.19 bits per heavy atom. The molecule has 0 spiro atoms. The molecule has 1 aromatic carbocycles. The molecule has 0 amide bonds. The predicted molar refractivity (Wildman–Crippen MR) is 80.1 cm³/mol. The Bertz CT molecular complexity index is 502. The number of nitrogens with one attached hydrogen (secondary N) is 1. The number of nitro groups is 1. The molecule has 0 fully saturated rings. The third-order valence-corrected chi connectivity index (χ3v) is 3.24. The van der Waals surface area contributed by atoms with E-state index in [-0.39, 0.29) is 22.6 Å². The van der Waals surface area contributed by atoms with Gasteiger partial charge in [0.05, 0.1) is 11.5 Å². The molecule has 1 N–H and O–H groups in total. The number of benzene rings is 1. The minimum Gasteiger partial charge on any atom is -0.466 e. The molecule has 0 aliphatic carbocycles. The van der Waals surface area contributed by atoms with Crippen molar-refractivity contribution in [1.82, 2.24) is 5.32 Å². The summed E-state index contributed by atoms with van der Waals surface area (Å²) in [4.78, 5) is 21.7. The number of aryl methyl sites for hydroxylation is 1. The number of carbonyl (C=O) groups excluding carboxylic acids is 1. The fourth-order valence-corrected chi connectivity index (χ4v) is 1.99. The first-order chi connectivity index (χ1) is 9.95. The maximum Gasteiger partial charge on any atom is 0.305 e. The second-order valence-corrected chi connectivity index (χ2v) is 4.89. The van der Waals surface area contributed by atoms with Gasteiger partial charge in [0.15, 0.2) is 0 Å². The van der Waals surface area contributed by atoms with E-state index in [1.165, 1.54) is 0 Å². The second-order valence-electron chi connectivity index (χ2n) is 4.89. The largest absolute Gasteiger partial charge is 0.466 e. The average molecular weight is 294 g/mol. The van der Waals surface area contributed by atoms with Gasteiger partial charge in [-0.25, -0.2) is 0 Å². The van der Waals surface area contributed by atoms with Crippen molar-refractivity contribution in [2.75, 3.05) is 13.2 Å². The van der Waals surface area contributed by atoms with Gasteiger partial charge in [0.1, 0.15) is 0 Å². The van der Waals surface area contributed by atoms with E-state index in [1.807, 2.05) is 13.0 Å². The van der Waals surface area contributed by atoms with E-state index in [4.69, 9.17) is 4.74 Å². The van der Waals surface area contributed by atoms with Gasteiger partial charge in [0.2, 0.25) is 0 Å². The summed E-state index contributed by atoms with van der Waals surface area (Å²) in [5.74, 6) is -0.196. The van der Waals surface area contributed by atoms with Crippen molar-refractivity contribution in [1.29, 1.82) is 0 Å². The van der Waals surface area contributed by atoms with Crippen molar-refractivity contribution >= 4 is 11.7 Å². The van der Waals surface area contributed by atoms with Gasteiger partial charge in [-0.3, -0.25) is 14.9 Å². The molecule has 0 bridgehead atoms. The second kappa shape index (κ2) is 8.36. The molecule has 6 nitrogen and oxygen atoms in total. The van der Waals surface area contributed by atoms with Crippen molar-refractivity contribution in [3.63, 3.8) is 0 Å². The number of ether oxygens (including phenoxy) is 1. The number of carbonyl (C=O) groups is 1. The lowest BCUT2D eigenvalue weighted by molar-refractivity contribution is -0.385. The van der Waals surface area contributed by atoms with Crippen LogP contribution >= 0.6 is 0 Å². The number of esters is 1. The lowest BCUT2D eigenvalue weighted by Crippen LogP contribution is -2.21. The number of nitrogens with zero attached hydrogens (tertiary/aromatic N) is 1. The van der Waals surface area contributed by atoms with E-state index in [0.717, 1.165) is 5.56 Å². The minimum absolute atomic E-state index is 0.00787. The molecule has 0 radical (unpaired) electrons. The number of hydrogen-bond acceptors (Lipinski definition) is 5. The molecule has 0 saturated heterocycles. The molecule has 6 heteroatoms. The monoisotopic (exact) mass is 294 g/mol. The molecule has 0 aliphatic heterocycles. The smallest absolute Gasteiger partial charge is 0.305 e. The first-order valence-corrected chi connectivity index (χ1v) is 7.09. The lowest BCUT2D eigenvalue weighted by Gasteiger charge is -2.14. The van der Waals surface area contributed by atoms with Crippen molar-refractivity contribution in [3.05, 3.63) is 39.4 Å². The van der Waals surface area contributed by atoms with Gasteiger partial charge in [0, 0.05) is 24.1 Å². The zero-order valence-electron chi connectivity index (χ0n) is 12.7. The molecule has 0 heterocycles. The van der Waals surface area contributed by atoms with Crippen molar-refractivity contribution in [2.24, 2.45) is 0 Å². The van der Waals surface area contributed by atoms with Gasteiger partial charge < -0.3 is 10.1 Å².